The summed E-state index contributed by atoms with van der Waals surface area (Å²) in [6.45, 7) is 20.2. The summed E-state index contributed by atoms with van der Waals surface area (Å²) >= 11 is 0. The molecule has 10 rings (SSSR count). The van der Waals surface area contributed by atoms with Crippen LogP contribution in [-0.2, 0) is 56.0 Å². The van der Waals surface area contributed by atoms with Gasteiger partial charge in [-0.15, -0.1) is 0 Å². The smallest absolute Gasteiger partial charge is 0.338 e. The van der Waals surface area contributed by atoms with E-state index in [1.807, 2.05) is 39.8 Å². The maximum atomic E-state index is 13.5. The Morgan fingerprint density at radius 3 is 2.33 bits per heavy atom. The largest absolute Gasteiger partial charge is 0.481 e. The van der Waals surface area contributed by atoms with E-state index in [9.17, 15) is 34.2 Å². The maximum absolute atomic E-state index is 13.5. The van der Waals surface area contributed by atoms with Crippen LogP contribution in [-0.4, -0.2) is 97.7 Å². The van der Waals surface area contributed by atoms with Gasteiger partial charge in [0.25, 0.3) is 0 Å². The molecule has 1 aliphatic carbocycles. The summed E-state index contributed by atoms with van der Waals surface area (Å²) < 4.78 is 18.6. The van der Waals surface area contributed by atoms with Crippen molar-refractivity contribution in [3.63, 3.8) is 0 Å². The maximum Gasteiger partial charge on any atom is 0.338 e. The number of carbonyl (C=O) groups excluding carboxylic acids is 3. The van der Waals surface area contributed by atoms with Gasteiger partial charge in [0.05, 0.1) is 29.8 Å². The van der Waals surface area contributed by atoms with E-state index in [4.69, 9.17) is 29.0 Å². The molecule has 392 valence electrons. The fourth-order valence-corrected chi connectivity index (χ4v) is 12.8. The number of H-pyrrole nitrogens is 3. The van der Waals surface area contributed by atoms with Gasteiger partial charge in [-0.25, -0.2) is 14.6 Å². The van der Waals surface area contributed by atoms with Crippen molar-refractivity contribution in [1.29, 1.82) is 0 Å². The summed E-state index contributed by atoms with van der Waals surface area (Å²) in [6.07, 6.45) is 8.13. The number of carboxylic acids is 2. The first-order valence-corrected chi connectivity index (χ1v) is 25.9. The number of hydrogen-bond acceptors (Lipinski definition) is 11. The van der Waals surface area contributed by atoms with Crippen LogP contribution < -0.4 is 21.3 Å². The van der Waals surface area contributed by atoms with Gasteiger partial charge in [-0.05, 0) is 106 Å². The number of allylic oxidation sites excluding steroid dienone is 1. The van der Waals surface area contributed by atoms with Crippen LogP contribution in [0.25, 0.3) is 23.8 Å². The van der Waals surface area contributed by atoms with Gasteiger partial charge in [-0.3, -0.25) is 24.2 Å². The van der Waals surface area contributed by atoms with E-state index in [2.05, 4.69) is 59.0 Å². The number of aromatic carboxylic acids is 1. The number of carboxylic acid groups (broad SMARTS) is 2. The Hall–Kier alpha value is -6.08. The lowest BCUT2D eigenvalue weighted by molar-refractivity contribution is -0.576. The Kier molecular flexibility index (Phi) is 14.4. The number of aromatic nitrogens is 3. The van der Waals surface area contributed by atoms with Crippen molar-refractivity contribution in [2.75, 3.05) is 13.1 Å². The molecular weight excluding hydrogens is 937 g/mol. The third-order valence-corrected chi connectivity index (χ3v) is 16.9. The number of amides is 2. The Morgan fingerprint density at radius 2 is 1.63 bits per heavy atom. The molecule has 18 nitrogen and oxygen atoms in total. The molecule has 0 aromatic carbocycles. The van der Waals surface area contributed by atoms with E-state index >= 15 is 0 Å². The SMILES string of the molecule is C=Cc1c(C)c2[nH]c1=Cc1[nH]c(c(CC)c1C)Cc1[nH]c(c(C(=O)O)c1C)C(CC(=O)O)=C1N=C(C=2)[C@@H](C)[C@@H]1CCC(=O)NCCNC(=O)CCC(=O)O[C@@H]1O[C@@H]2O[C@@]3(C)CC[C@H]4[C@H](C)CC[C@@H]([C@H]1C)[C@@]24OO3. The van der Waals surface area contributed by atoms with E-state index in [0.717, 1.165) is 70.0 Å². The van der Waals surface area contributed by atoms with Crippen LogP contribution >= 0.6 is 0 Å². The molecule has 6 aliphatic heterocycles. The topological polar surface area (TPSA) is 256 Å². The molecule has 1 saturated carbocycles. The van der Waals surface area contributed by atoms with Gasteiger partial charge in [0.15, 0.2) is 11.9 Å². The van der Waals surface area contributed by atoms with Crippen LogP contribution in [0.5, 0.6) is 0 Å². The minimum Gasteiger partial charge on any atom is -0.481 e. The van der Waals surface area contributed by atoms with E-state index < -0.39 is 54.2 Å². The molecule has 3 aromatic rings. The zero-order valence-electron chi connectivity index (χ0n) is 43.2. The third kappa shape index (κ3) is 9.55. The van der Waals surface area contributed by atoms with Crippen LogP contribution in [0.15, 0.2) is 17.3 Å². The van der Waals surface area contributed by atoms with Gasteiger partial charge in [-0.2, -0.15) is 0 Å². The molecule has 10 bridgehead atoms. The van der Waals surface area contributed by atoms with Crippen LogP contribution in [0.1, 0.15) is 153 Å². The number of rotatable bonds is 15. The first-order chi connectivity index (χ1) is 34.8. The number of aliphatic imine (C=N–C) groups is 1. The molecule has 7 N–H and O–H groups in total. The van der Waals surface area contributed by atoms with Gasteiger partial charge in [-0.1, -0.05) is 40.3 Å². The number of hydrogen-bond donors (Lipinski definition) is 7. The minimum atomic E-state index is -1.20. The summed E-state index contributed by atoms with van der Waals surface area (Å²) in [5, 5.41) is 28.3. The highest BCUT2D eigenvalue weighted by atomic mass is 17.3. The fourth-order valence-electron chi connectivity index (χ4n) is 12.8. The van der Waals surface area contributed by atoms with Crippen molar-refractivity contribution < 1.29 is 58.2 Å². The number of aliphatic carboxylic acids is 1. The lowest BCUT2D eigenvalue weighted by Crippen LogP contribution is -2.70. The number of fused-ring (bicyclic) bond motifs is 9. The summed E-state index contributed by atoms with van der Waals surface area (Å²) in [5.41, 5.74) is 7.67. The quantitative estimate of drug-likeness (QED) is 0.0514. The van der Waals surface area contributed by atoms with Crippen molar-refractivity contribution in [1.82, 2.24) is 25.6 Å². The van der Waals surface area contributed by atoms with Gasteiger partial charge in [0.1, 0.15) is 0 Å². The first kappa shape index (κ1) is 51.8. The number of aromatic amines is 3. The molecule has 2 amide bonds. The summed E-state index contributed by atoms with van der Waals surface area (Å²) in [7, 11) is 0. The number of carbonyl (C=O) groups is 5. The summed E-state index contributed by atoms with van der Waals surface area (Å²) in [6, 6.07) is 0. The number of esters is 1. The molecular formula is C55H70N6O12. The predicted molar refractivity (Wildman–Crippen MR) is 270 cm³/mol. The first-order valence-electron chi connectivity index (χ1n) is 25.9. The van der Waals surface area contributed by atoms with E-state index in [1.165, 1.54) is 0 Å². The Bertz CT molecular complexity index is 2940. The molecule has 1 spiro atoms. The lowest BCUT2D eigenvalue weighted by Gasteiger charge is -2.59. The Morgan fingerprint density at radius 1 is 0.890 bits per heavy atom. The van der Waals surface area contributed by atoms with Crippen molar-refractivity contribution >= 4 is 59.2 Å². The molecule has 73 heavy (non-hydrogen) atoms. The van der Waals surface area contributed by atoms with Gasteiger partial charge >= 0.3 is 17.9 Å². The van der Waals surface area contributed by atoms with Crippen LogP contribution in [0.3, 0.4) is 0 Å². The molecule has 9 heterocycles. The van der Waals surface area contributed by atoms with Crippen molar-refractivity contribution in [3.05, 3.63) is 79.1 Å². The third-order valence-electron chi connectivity index (χ3n) is 16.9. The average molecular weight is 1010 g/mol. The molecule has 4 saturated heterocycles. The van der Waals surface area contributed by atoms with Crippen molar-refractivity contribution in [3.8, 4) is 0 Å². The fraction of sp³-hybridized carbons (Fsp3) is 0.564. The normalized spacial score (nSPS) is 29.0. The summed E-state index contributed by atoms with van der Waals surface area (Å²) in [5.74, 6) is -5.02. The average Bonchev–Trinajstić information content (AvgIpc) is 3.97. The second-order valence-electron chi connectivity index (χ2n) is 21.3. The molecule has 18 heteroatoms. The van der Waals surface area contributed by atoms with Crippen molar-refractivity contribution in [2.24, 2.45) is 40.5 Å². The molecule has 3 aromatic heterocycles. The zero-order chi connectivity index (χ0) is 52.3. The zero-order valence-corrected chi connectivity index (χ0v) is 43.2. The number of ether oxygens (including phenoxy) is 3. The standard InChI is InChI=1S/C55H70N6O12/c1-10-32-27(4)38-23-40-29(6)34(49(60-40)35(22-46(64)65)50-48(51(67)68)31(8)41(61-50)25-43-33(11-2)28(5)39(59-43)24-42(32)58-38)13-15-44(62)56-20-21-57-45(63)16-17-47(66)69-52-30(7)37-14-12-26(3)36-18-19-54(9)71-53(70-52)55(36,37)73-72-54/h10,23-24,26,29-30,34,36-37,52-53,58-59,61H,1,11-22,25H2,2-9H3,(H,56,62)(H,57,63)(H,64,65)(H,67,68)/t26-,29+,30-,34+,36+,37+,52-,53-,54-,55-/m1/s1. The van der Waals surface area contributed by atoms with Crippen molar-refractivity contribution in [2.45, 2.75) is 150 Å². The highest BCUT2D eigenvalue weighted by Gasteiger charge is 2.70. The van der Waals surface area contributed by atoms with E-state index in [-0.39, 0.29) is 91.1 Å². The Balaban J connectivity index is 0.865. The molecule has 10 atom stereocenters. The van der Waals surface area contributed by atoms with Gasteiger partial charge in [0.2, 0.25) is 23.9 Å². The lowest BCUT2D eigenvalue weighted by atomic mass is 9.58. The second-order valence-corrected chi connectivity index (χ2v) is 21.3. The molecule has 0 unspecified atom stereocenters. The molecule has 5 fully saturated rings. The van der Waals surface area contributed by atoms with Crippen LogP contribution in [0.4, 0.5) is 0 Å². The highest BCUT2D eigenvalue weighted by molar-refractivity contribution is 6.14. The molecule has 0 radical (unpaired) electrons. The molecule has 7 aliphatic rings. The monoisotopic (exact) mass is 1010 g/mol. The van der Waals surface area contributed by atoms with Gasteiger partial charge in [0, 0.05) is 107 Å². The number of nitrogens with zero attached hydrogens (tertiary/aromatic N) is 1. The highest BCUT2D eigenvalue weighted by Crippen LogP contribution is 2.60. The predicted octanol–water partition coefficient (Wildman–Crippen LogP) is 6.15. The van der Waals surface area contributed by atoms with E-state index in [1.54, 1.807) is 6.92 Å². The number of nitrogens with one attached hydrogen (secondary N) is 5. The summed E-state index contributed by atoms with van der Waals surface area (Å²) in [4.78, 5) is 93.1. The van der Waals surface area contributed by atoms with Gasteiger partial charge < -0.3 is 50.0 Å². The van der Waals surface area contributed by atoms with E-state index in [0.29, 0.717) is 41.4 Å². The minimum absolute atomic E-state index is 0.0194. The van der Waals surface area contributed by atoms with Crippen LogP contribution in [0, 0.1) is 56.3 Å². The Labute approximate surface area is 424 Å². The second kappa shape index (κ2) is 20.3. The van der Waals surface area contributed by atoms with Crippen LogP contribution in [0.2, 0.25) is 0 Å².